The lowest BCUT2D eigenvalue weighted by molar-refractivity contribution is 0.0822. The Hall–Kier alpha value is -2.44. The van der Waals surface area contributed by atoms with E-state index in [1.54, 1.807) is 31.4 Å². The van der Waals surface area contributed by atoms with E-state index in [0.717, 1.165) is 37.6 Å². The third-order valence-corrected chi connectivity index (χ3v) is 4.00. The summed E-state index contributed by atoms with van der Waals surface area (Å²) in [5.41, 5.74) is 0.486. The van der Waals surface area contributed by atoms with Crippen LogP contribution in [0.15, 0.2) is 24.5 Å². The first-order chi connectivity index (χ1) is 10.6. The molecular weight excluding hydrogens is 280 g/mol. The molecule has 1 aliphatic rings. The summed E-state index contributed by atoms with van der Waals surface area (Å²) in [6.07, 6.45) is 3.56. The molecule has 22 heavy (non-hydrogen) atoms. The number of carbonyl (C=O) groups excluding carboxylic acids is 1. The largest absolute Gasteiger partial charge is 0.357 e. The summed E-state index contributed by atoms with van der Waals surface area (Å²) in [5, 5.41) is 6.87. The molecule has 3 heterocycles. The number of pyridine rings is 1. The molecule has 116 valence electrons. The summed E-state index contributed by atoms with van der Waals surface area (Å²) in [6.45, 7) is 1.80. The SMILES string of the molecule is CN(C)C(=O)c1cccc(N2CCC(c3ncn[nH]3)CC2)n1. The van der Waals surface area contributed by atoms with E-state index in [9.17, 15) is 4.79 Å². The predicted molar refractivity (Wildman–Crippen MR) is 82.8 cm³/mol. The van der Waals surface area contributed by atoms with Crippen LogP contribution in [0.2, 0.25) is 0 Å². The van der Waals surface area contributed by atoms with E-state index in [2.05, 4.69) is 25.1 Å². The Morgan fingerprint density at radius 2 is 2.09 bits per heavy atom. The predicted octanol–water partition coefficient (Wildman–Crippen LogP) is 1.29. The van der Waals surface area contributed by atoms with Crippen LogP contribution in [0.4, 0.5) is 5.82 Å². The Labute approximate surface area is 129 Å². The maximum atomic E-state index is 12.0. The van der Waals surface area contributed by atoms with Crippen LogP contribution in [-0.4, -0.2) is 58.2 Å². The summed E-state index contributed by atoms with van der Waals surface area (Å²) >= 11 is 0. The number of hydrogen-bond acceptors (Lipinski definition) is 5. The van der Waals surface area contributed by atoms with E-state index in [4.69, 9.17) is 0 Å². The Bertz CT molecular complexity index is 631. The molecule has 1 aliphatic heterocycles. The quantitative estimate of drug-likeness (QED) is 0.924. The molecule has 7 nitrogen and oxygen atoms in total. The Balaban J connectivity index is 1.68. The average molecular weight is 300 g/mol. The van der Waals surface area contributed by atoms with Gasteiger partial charge in [-0.1, -0.05) is 6.07 Å². The van der Waals surface area contributed by atoms with Crippen LogP contribution in [-0.2, 0) is 0 Å². The topological polar surface area (TPSA) is 78.0 Å². The number of aromatic amines is 1. The third kappa shape index (κ3) is 2.93. The van der Waals surface area contributed by atoms with E-state index in [1.807, 2.05) is 12.1 Å². The highest BCUT2D eigenvalue weighted by Gasteiger charge is 2.23. The average Bonchev–Trinajstić information content (AvgIpc) is 3.09. The van der Waals surface area contributed by atoms with Gasteiger partial charge in [-0.2, -0.15) is 5.10 Å². The normalized spacial score (nSPS) is 15.8. The van der Waals surface area contributed by atoms with Gasteiger partial charge >= 0.3 is 0 Å². The van der Waals surface area contributed by atoms with E-state index in [-0.39, 0.29) is 5.91 Å². The summed E-state index contributed by atoms with van der Waals surface area (Å²) < 4.78 is 0. The number of H-pyrrole nitrogens is 1. The van der Waals surface area contributed by atoms with Gasteiger partial charge in [0, 0.05) is 33.1 Å². The number of carbonyl (C=O) groups is 1. The molecule has 1 N–H and O–H groups in total. The number of nitrogens with one attached hydrogen (secondary N) is 1. The second kappa shape index (κ2) is 6.13. The lowest BCUT2D eigenvalue weighted by Crippen LogP contribution is -2.34. The van der Waals surface area contributed by atoms with Crippen molar-refractivity contribution in [1.29, 1.82) is 0 Å². The van der Waals surface area contributed by atoms with Crippen LogP contribution in [0.1, 0.15) is 35.1 Å². The van der Waals surface area contributed by atoms with E-state index >= 15 is 0 Å². The van der Waals surface area contributed by atoms with Crippen molar-refractivity contribution in [3.05, 3.63) is 36.0 Å². The van der Waals surface area contributed by atoms with Crippen LogP contribution in [0.5, 0.6) is 0 Å². The smallest absolute Gasteiger partial charge is 0.272 e. The molecule has 1 amide bonds. The first-order valence-corrected chi connectivity index (χ1v) is 7.44. The van der Waals surface area contributed by atoms with Crippen molar-refractivity contribution < 1.29 is 4.79 Å². The van der Waals surface area contributed by atoms with Gasteiger partial charge in [-0.25, -0.2) is 9.97 Å². The molecule has 0 saturated carbocycles. The summed E-state index contributed by atoms with van der Waals surface area (Å²) in [7, 11) is 3.47. The van der Waals surface area contributed by atoms with Gasteiger partial charge in [0.05, 0.1) is 0 Å². The highest BCUT2D eigenvalue weighted by molar-refractivity contribution is 5.92. The standard InChI is InChI=1S/C15H20N6O/c1-20(2)15(22)12-4-3-5-13(18-12)21-8-6-11(7-9-21)14-16-10-17-19-14/h3-5,10-11H,6-9H2,1-2H3,(H,16,17,19). The van der Waals surface area contributed by atoms with Gasteiger partial charge in [0.15, 0.2) is 0 Å². The van der Waals surface area contributed by atoms with Gasteiger partial charge < -0.3 is 9.80 Å². The number of nitrogens with zero attached hydrogens (tertiary/aromatic N) is 5. The maximum Gasteiger partial charge on any atom is 0.272 e. The molecule has 0 aliphatic carbocycles. The van der Waals surface area contributed by atoms with Crippen LogP contribution in [0.3, 0.4) is 0 Å². The molecule has 0 bridgehead atoms. The van der Waals surface area contributed by atoms with Gasteiger partial charge in [0.2, 0.25) is 0 Å². The molecule has 0 radical (unpaired) electrons. The van der Waals surface area contributed by atoms with Crippen molar-refractivity contribution in [2.24, 2.45) is 0 Å². The summed E-state index contributed by atoms with van der Waals surface area (Å²) in [6, 6.07) is 5.61. The Morgan fingerprint density at radius 3 is 2.73 bits per heavy atom. The molecule has 2 aromatic heterocycles. The van der Waals surface area contributed by atoms with Crippen molar-refractivity contribution >= 4 is 11.7 Å². The van der Waals surface area contributed by atoms with Crippen LogP contribution in [0, 0.1) is 0 Å². The molecule has 0 aromatic carbocycles. The van der Waals surface area contributed by atoms with E-state index in [0.29, 0.717) is 11.6 Å². The highest BCUT2D eigenvalue weighted by atomic mass is 16.2. The second-order valence-corrected chi connectivity index (χ2v) is 5.71. The van der Waals surface area contributed by atoms with Crippen molar-refractivity contribution in [2.75, 3.05) is 32.1 Å². The fourth-order valence-corrected chi connectivity index (χ4v) is 2.74. The molecule has 3 rings (SSSR count). The van der Waals surface area contributed by atoms with Gasteiger partial charge in [-0.05, 0) is 25.0 Å². The zero-order chi connectivity index (χ0) is 15.5. The molecule has 0 unspecified atom stereocenters. The lowest BCUT2D eigenvalue weighted by atomic mass is 9.96. The Morgan fingerprint density at radius 1 is 1.32 bits per heavy atom. The minimum atomic E-state index is -0.0709. The van der Waals surface area contributed by atoms with Crippen LogP contribution >= 0.6 is 0 Å². The Kier molecular flexibility index (Phi) is 4.04. The lowest BCUT2D eigenvalue weighted by Gasteiger charge is -2.32. The summed E-state index contributed by atoms with van der Waals surface area (Å²) in [4.78, 5) is 24.5. The number of hydrogen-bond donors (Lipinski definition) is 1. The zero-order valence-electron chi connectivity index (χ0n) is 12.9. The minimum absolute atomic E-state index is 0.0709. The minimum Gasteiger partial charge on any atom is -0.357 e. The van der Waals surface area contributed by atoms with Crippen molar-refractivity contribution in [3.8, 4) is 0 Å². The monoisotopic (exact) mass is 300 g/mol. The zero-order valence-corrected chi connectivity index (χ0v) is 12.9. The fraction of sp³-hybridized carbons (Fsp3) is 0.467. The summed E-state index contributed by atoms with van der Waals surface area (Å²) in [5.74, 6) is 2.18. The van der Waals surface area contributed by atoms with Gasteiger partial charge in [-0.3, -0.25) is 9.89 Å². The van der Waals surface area contributed by atoms with Gasteiger partial charge in [-0.15, -0.1) is 0 Å². The first kappa shape index (κ1) is 14.5. The number of piperidine rings is 1. The fourth-order valence-electron chi connectivity index (χ4n) is 2.74. The van der Waals surface area contributed by atoms with Crippen LogP contribution in [0.25, 0.3) is 0 Å². The molecular formula is C15H20N6O. The molecule has 0 atom stereocenters. The van der Waals surface area contributed by atoms with Gasteiger partial charge in [0.1, 0.15) is 23.7 Å². The van der Waals surface area contributed by atoms with Gasteiger partial charge in [0.25, 0.3) is 5.91 Å². The molecule has 0 spiro atoms. The second-order valence-electron chi connectivity index (χ2n) is 5.71. The van der Waals surface area contributed by atoms with Crippen molar-refractivity contribution in [3.63, 3.8) is 0 Å². The highest BCUT2D eigenvalue weighted by Crippen LogP contribution is 2.27. The van der Waals surface area contributed by atoms with Crippen molar-refractivity contribution in [2.45, 2.75) is 18.8 Å². The molecule has 1 saturated heterocycles. The third-order valence-electron chi connectivity index (χ3n) is 4.00. The van der Waals surface area contributed by atoms with Crippen molar-refractivity contribution in [1.82, 2.24) is 25.1 Å². The molecule has 1 fully saturated rings. The number of amides is 1. The van der Waals surface area contributed by atoms with E-state index in [1.165, 1.54) is 0 Å². The maximum absolute atomic E-state index is 12.0. The molecule has 2 aromatic rings. The first-order valence-electron chi connectivity index (χ1n) is 7.44. The van der Waals surface area contributed by atoms with E-state index < -0.39 is 0 Å². The number of aromatic nitrogens is 4. The van der Waals surface area contributed by atoms with Crippen LogP contribution < -0.4 is 4.90 Å². The number of rotatable bonds is 3. The number of anilines is 1. The molecule has 7 heteroatoms.